The summed E-state index contributed by atoms with van der Waals surface area (Å²) in [5.41, 5.74) is 0.306. The number of amides is 3. The van der Waals surface area contributed by atoms with E-state index < -0.39 is 56.9 Å². The van der Waals surface area contributed by atoms with E-state index >= 15 is 0 Å². The average molecular weight is 698 g/mol. The minimum atomic E-state index is -4.29. The van der Waals surface area contributed by atoms with Gasteiger partial charge < -0.3 is 29.3 Å². The predicted octanol–water partition coefficient (Wildman–Crippen LogP) is 3.86. The van der Waals surface area contributed by atoms with Crippen molar-refractivity contribution in [1.82, 2.24) is 15.7 Å². The van der Waals surface area contributed by atoms with Crippen LogP contribution in [0.15, 0.2) is 34.7 Å². The van der Waals surface area contributed by atoms with Gasteiger partial charge in [0.2, 0.25) is 25.9 Å². The minimum absolute atomic E-state index is 0.0530. The van der Waals surface area contributed by atoms with E-state index in [1.807, 2.05) is 6.92 Å². The SMILES string of the molecule is CCCCCC(C(=O)NCNC(=O)c1ccc(-c2cc(OCC)cc(P(=O)(OCOC(C)=O)OCOC(C)=O)c2)o1)C(CC)N(O)C=O. The summed E-state index contributed by atoms with van der Waals surface area (Å²) < 4.78 is 45.3. The lowest BCUT2D eigenvalue weighted by molar-refractivity contribution is -0.168. The maximum Gasteiger partial charge on any atom is 0.367 e. The van der Waals surface area contributed by atoms with Crippen LogP contribution in [0, 0.1) is 5.92 Å². The first kappa shape index (κ1) is 39.9. The molecule has 0 aliphatic heterocycles. The minimum Gasteiger partial charge on any atom is -0.494 e. The number of hydrogen-bond acceptors (Lipinski definition) is 13. The van der Waals surface area contributed by atoms with Gasteiger partial charge in [-0.3, -0.25) is 42.8 Å². The van der Waals surface area contributed by atoms with Gasteiger partial charge in [-0.15, -0.1) is 0 Å². The van der Waals surface area contributed by atoms with E-state index in [2.05, 4.69) is 10.6 Å². The van der Waals surface area contributed by atoms with Crippen molar-refractivity contribution >= 4 is 43.1 Å². The Kier molecular flexibility index (Phi) is 16.8. The topological polar surface area (TPSA) is 209 Å². The van der Waals surface area contributed by atoms with Gasteiger partial charge >= 0.3 is 19.5 Å². The number of ether oxygens (including phenoxy) is 3. The Balaban J connectivity index is 2.25. The van der Waals surface area contributed by atoms with Crippen LogP contribution in [-0.2, 0) is 42.3 Å². The van der Waals surface area contributed by atoms with Crippen LogP contribution in [-0.4, -0.2) is 73.3 Å². The number of nitrogens with zero attached hydrogens (tertiary/aromatic N) is 1. The molecule has 0 saturated heterocycles. The maximum atomic E-state index is 13.8. The number of rotatable bonds is 22. The molecule has 16 nitrogen and oxygen atoms in total. The lowest BCUT2D eigenvalue weighted by Gasteiger charge is -2.29. The quantitative estimate of drug-likeness (QED) is 0.0304. The third-order valence-electron chi connectivity index (χ3n) is 6.90. The molecular weight excluding hydrogens is 653 g/mol. The van der Waals surface area contributed by atoms with Crippen LogP contribution in [0.1, 0.15) is 77.3 Å². The van der Waals surface area contributed by atoms with E-state index in [-0.39, 0.29) is 42.3 Å². The zero-order valence-electron chi connectivity index (χ0n) is 27.7. The molecule has 1 aromatic carbocycles. The smallest absolute Gasteiger partial charge is 0.367 e. The first-order chi connectivity index (χ1) is 22.9. The van der Waals surface area contributed by atoms with Gasteiger partial charge in [0, 0.05) is 19.4 Å². The van der Waals surface area contributed by atoms with Gasteiger partial charge in [-0.2, -0.15) is 0 Å². The van der Waals surface area contributed by atoms with E-state index in [1.54, 1.807) is 19.9 Å². The molecule has 0 aliphatic carbocycles. The molecule has 2 aromatic rings. The van der Waals surface area contributed by atoms with Crippen molar-refractivity contribution in [1.29, 1.82) is 0 Å². The highest BCUT2D eigenvalue weighted by molar-refractivity contribution is 7.62. The van der Waals surface area contributed by atoms with Crippen molar-refractivity contribution in [3.05, 3.63) is 36.1 Å². The highest BCUT2D eigenvalue weighted by Gasteiger charge is 2.32. The Labute approximate surface area is 278 Å². The Morgan fingerprint density at radius 1 is 0.979 bits per heavy atom. The van der Waals surface area contributed by atoms with E-state index in [0.29, 0.717) is 23.5 Å². The molecule has 0 saturated carbocycles. The summed E-state index contributed by atoms with van der Waals surface area (Å²) in [6.45, 7) is 6.29. The molecule has 2 atom stereocenters. The molecule has 2 rings (SSSR count). The molecule has 48 heavy (non-hydrogen) atoms. The van der Waals surface area contributed by atoms with E-state index in [1.165, 1.54) is 24.3 Å². The molecule has 3 amide bonds. The highest BCUT2D eigenvalue weighted by atomic mass is 31.2. The lowest BCUT2D eigenvalue weighted by Crippen LogP contribution is -2.47. The number of hydroxylamine groups is 2. The van der Waals surface area contributed by atoms with Crippen molar-refractivity contribution < 1.29 is 61.4 Å². The van der Waals surface area contributed by atoms with Crippen LogP contribution in [0.3, 0.4) is 0 Å². The second-order valence-corrected chi connectivity index (χ2v) is 12.4. The summed E-state index contributed by atoms with van der Waals surface area (Å²) in [6.07, 6.45) is 3.57. The molecule has 0 radical (unpaired) electrons. The fraction of sp³-hybridized carbons (Fsp3) is 0.516. The second-order valence-electron chi connectivity index (χ2n) is 10.4. The van der Waals surface area contributed by atoms with Crippen LogP contribution in [0.5, 0.6) is 5.75 Å². The molecule has 2 unspecified atom stereocenters. The number of benzene rings is 1. The standard InChI is InChI=1S/C31H44N3O13P/c1-6-9-10-11-26(27(7-2)34(40)18-35)30(38)32-17-33-31(39)29-13-12-28(47-29)23-14-24(42-8-3)16-25(15-23)48(41,45-19-43-21(4)36)46-20-44-22(5)37/h12-16,18,26-27,40H,6-11,17,19-20H2,1-5H3,(H,32,38)(H,33,39). The second kappa shape index (κ2) is 20.2. The van der Waals surface area contributed by atoms with Crippen LogP contribution in [0.2, 0.25) is 0 Å². The first-order valence-electron chi connectivity index (χ1n) is 15.4. The summed E-state index contributed by atoms with van der Waals surface area (Å²) in [7, 11) is -4.29. The molecule has 0 bridgehead atoms. The summed E-state index contributed by atoms with van der Waals surface area (Å²) in [5, 5.41) is 15.6. The zero-order chi connectivity index (χ0) is 35.7. The van der Waals surface area contributed by atoms with Crippen molar-refractivity contribution in [2.24, 2.45) is 5.92 Å². The summed E-state index contributed by atoms with van der Waals surface area (Å²) >= 11 is 0. The largest absolute Gasteiger partial charge is 0.494 e. The van der Waals surface area contributed by atoms with E-state index in [9.17, 15) is 33.7 Å². The summed E-state index contributed by atoms with van der Waals surface area (Å²) in [6, 6.07) is 6.47. The summed E-state index contributed by atoms with van der Waals surface area (Å²) in [4.78, 5) is 59.6. The lowest BCUT2D eigenvalue weighted by atomic mass is 9.90. The van der Waals surface area contributed by atoms with Gasteiger partial charge in [-0.1, -0.05) is 33.1 Å². The normalized spacial score (nSPS) is 12.4. The van der Waals surface area contributed by atoms with Crippen LogP contribution in [0.25, 0.3) is 11.3 Å². The number of carbonyl (C=O) groups is 5. The number of unbranched alkanes of at least 4 members (excludes halogenated alkanes) is 2. The molecule has 1 aromatic heterocycles. The Morgan fingerprint density at radius 3 is 2.21 bits per heavy atom. The van der Waals surface area contributed by atoms with Gasteiger partial charge in [0.15, 0.2) is 5.76 Å². The molecule has 3 N–H and O–H groups in total. The molecule has 0 aliphatic rings. The van der Waals surface area contributed by atoms with Crippen molar-refractivity contribution in [2.75, 3.05) is 26.9 Å². The van der Waals surface area contributed by atoms with Gasteiger partial charge in [0.05, 0.1) is 30.5 Å². The average Bonchev–Trinajstić information content (AvgIpc) is 3.54. The first-order valence-corrected chi connectivity index (χ1v) is 17.0. The highest BCUT2D eigenvalue weighted by Crippen LogP contribution is 2.48. The Bertz CT molecular complexity index is 1410. The molecule has 266 valence electrons. The predicted molar refractivity (Wildman–Crippen MR) is 170 cm³/mol. The number of hydrogen-bond donors (Lipinski definition) is 3. The summed E-state index contributed by atoms with van der Waals surface area (Å²) in [5.74, 6) is -2.89. The van der Waals surface area contributed by atoms with E-state index in [4.69, 9.17) is 27.7 Å². The number of nitrogens with one attached hydrogen (secondary N) is 2. The van der Waals surface area contributed by atoms with E-state index in [0.717, 1.165) is 33.1 Å². The molecule has 0 spiro atoms. The van der Waals surface area contributed by atoms with Crippen molar-refractivity contribution in [3.8, 4) is 17.1 Å². The Hall–Kier alpha value is -4.24. The van der Waals surface area contributed by atoms with Gasteiger partial charge in [0.25, 0.3) is 5.91 Å². The molecule has 0 fully saturated rings. The number of furan rings is 1. The Morgan fingerprint density at radius 2 is 1.65 bits per heavy atom. The van der Waals surface area contributed by atoms with Gasteiger partial charge in [0.1, 0.15) is 11.5 Å². The fourth-order valence-electron chi connectivity index (χ4n) is 4.57. The maximum absolute atomic E-state index is 13.8. The third kappa shape index (κ3) is 12.4. The number of esters is 2. The van der Waals surface area contributed by atoms with Crippen molar-refractivity contribution in [2.45, 2.75) is 72.8 Å². The number of carbonyl (C=O) groups excluding carboxylic acids is 5. The van der Waals surface area contributed by atoms with Crippen LogP contribution in [0.4, 0.5) is 0 Å². The van der Waals surface area contributed by atoms with Gasteiger partial charge in [-0.05, 0) is 50.1 Å². The third-order valence-corrected chi connectivity index (χ3v) is 8.68. The van der Waals surface area contributed by atoms with Crippen LogP contribution < -0.4 is 20.7 Å². The molecular formula is C31H44N3O13P. The van der Waals surface area contributed by atoms with Crippen LogP contribution >= 0.6 is 7.60 Å². The monoisotopic (exact) mass is 697 g/mol. The van der Waals surface area contributed by atoms with Gasteiger partial charge in [-0.25, -0.2) is 5.06 Å². The fourth-order valence-corrected chi connectivity index (χ4v) is 5.91. The molecule has 17 heteroatoms. The zero-order valence-corrected chi connectivity index (χ0v) is 28.6. The molecule has 1 heterocycles. The van der Waals surface area contributed by atoms with Crippen molar-refractivity contribution in [3.63, 3.8) is 0 Å².